The molecule has 1 fully saturated rings. The molecule has 0 bridgehead atoms. The molecule has 1 aliphatic heterocycles. The van der Waals surface area contributed by atoms with Gasteiger partial charge in [0.25, 0.3) is 0 Å². The zero-order valence-corrected chi connectivity index (χ0v) is 14.4. The lowest BCUT2D eigenvalue weighted by atomic mass is 9.86. The Morgan fingerprint density at radius 1 is 1.29 bits per heavy atom. The molecule has 2 rings (SSSR count). The summed E-state index contributed by atoms with van der Waals surface area (Å²) in [5.74, 6) is 3.03. The van der Waals surface area contributed by atoms with Crippen molar-refractivity contribution in [2.75, 3.05) is 24.5 Å². The van der Waals surface area contributed by atoms with Crippen molar-refractivity contribution in [3.63, 3.8) is 0 Å². The minimum atomic E-state index is 0.811. The molecule has 21 heavy (non-hydrogen) atoms. The Bertz CT molecular complexity index is 442. The fourth-order valence-electron chi connectivity index (χ4n) is 3.46. The van der Waals surface area contributed by atoms with Crippen molar-refractivity contribution >= 4 is 5.82 Å². The van der Waals surface area contributed by atoms with Gasteiger partial charge in [0.1, 0.15) is 5.82 Å². The highest BCUT2D eigenvalue weighted by Gasteiger charge is 2.25. The normalized spacial score (nSPS) is 17.0. The summed E-state index contributed by atoms with van der Waals surface area (Å²) >= 11 is 0. The third kappa shape index (κ3) is 3.79. The molecule has 0 spiro atoms. The van der Waals surface area contributed by atoms with Crippen LogP contribution in [0.1, 0.15) is 51.3 Å². The molecule has 0 amide bonds. The van der Waals surface area contributed by atoms with Crippen molar-refractivity contribution in [3.05, 3.63) is 11.3 Å². The summed E-state index contributed by atoms with van der Waals surface area (Å²) in [7, 11) is 2.08. The van der Waals surface area contributed by atoms with Crippen LogP contribution in [0.25, 0.3) is 0 Å². The van der Waals surface area contributed by atoms with Crippen molar-refractivity contribution in [1.29, 1.82) is 0 Å². The highest BCUT2D eigenvalue weighted by Crippen LogP contribution is 2.30. The first-order chi connectivity index (χ1) is 10.0. The number of nitrogens with one attached hydrogen (secondary N) is 1. The summed E-state index contributed by atoms with van der Waals surface area (Å²) in [5, 5.41) is 8.19. The first kappa shape index (κ1) is 16.3. The van der Waals surface area contributed by atoms with E-state index in [-0.39, 0.29) is 0 Å². The average molecular weight is 292 g/mol. The monoisotopic (exact) mass is 292 g/mol. The number of aryl methyl sites for hydroxylation is 2. The van der Waals surface area contributed by atoms with Crippen molar-refractivity contribution in [1.82, 2.24) is 15.1 Å². The first-order valence-corrected chi connectivity index (χ1v) is 8.52. The van der Waals surface area contributed by atoms with Crippen molar-refractivity contribution < 1.29 is 0 Å². The molecule has 0 unspecified atom stereocenters. The van der Waals surface area contributed by atoms with Crippen LogP contribution in [-0.2, 0) is 13.6 Å². The van der Waals surface area contributed by atoms with Gasteiger partial charge >= 0.3 is 0 Å². The van der Waals surface area contributed by atoms with Crippen LogP contribution in [0, 0.1) is 18.8 Å². The van der Waals surface area contributed by atoms with Gasteiger partial charge < -0.3 is 10.2 Å². The Morgan fingerprint density at radius 2 is 1.95 bits per heavy atom. The van der Waals surface area contributed by atoms with Gasteiger partial charge in [-0.25, -0.2) is 0 Å². The maximum absolute atomic E-state index is 4.65. The molecule has 1 saturated heterocycles. The molecule has 1 aliphatic rings. The predicted octanol–water partition coefficient (Wildman–Crippen LogP) is 3.10. The maximum atomic E-state index is 4.65. The summed E-state index contributed by atoms with van der Waals surface area (Å²) in [6.45, 7) is 13.4. The third-order valence-electron chi connectivity index (χ3n) is 4.82. The van der Waals surface area contributed by atoms with Gasteiger partial charge in [0.2, 0.25) is 0 Å². The minimum Gasteiger partial charge on any atom is -0.357 e. The van der Waals surface area contributed by atoms with E-state index in [1.54, 1.807) is 0 Å². The predicted molar refractivity (Wildman–Crippen MR) is 89.7 cm³/mol. The Labute approximate surface area is 129 Å². The molecule has 1 aromatic rings. The largest absolute Gasteiger partial charge is 0.357 e. The Kier molecular flexibility index (Phi) is 5.68. The number of nitrogens with zero attached hydrogens (tertiary/aromatic N) is 3. The highest BCUT2D eigenvalue weighted by atomic mass is 15.4. The fourth-order valence-corrected chi connectivity index (χ4v) is 3.46. The van der Waals surface area contributed by atoms with Crippen molar-refractivity contribution in [2.45, 2.75) is 53.5 Å². The van der Waals surface area contributed by atoms with Gasteiger partial charge in [0.15, 0.2) is 0 Å². The van der Waals surface area contributed by atoms with Crippen molar-refractivity contribution in [3.8, 4) is 0 Å². The molecule has 120 valence electrons. The lowest BCUT2D eigenvalue weighted by molar-refractivity contribution is 0.309. The Morgan fingerprint density at radius 3 is 2.52 bits per heavy atom. The van der Waals surface area contributed by atoms with E-state index in [9.17, 15) is 0 Å². The third-order valence-corrected chi connectivity index (χ3v) is 4.82. The van der Waals surface area contributed by atoms with Gasteiger partial charge in [-0.1, -0.05) is 20.8 Å². The molecule has 2 heterocycles. The van der Waals surface area contributed by atoms with E-state index >= 15 is 0 Å². The quantitative estimate of drug-likeness (QED) is 0.818. The summed E-state index contributed by atoms with van der Waals surface area (Å²) in [5.41, 5.74) is 2.55. The minimum absolute atomic E-state index is 0.811. The maximum Gasteiger partial charge on any atom is 0.131 e. The van der Waals surface area contributed by atoms with Crippen LogP contribution < -0.4 is 10.2 Å². The van der Waals surface area contributed by atoms with Crippen LogP contribution in [0.2, 0.25) is 0 Å². The van der Waals surface area contributed by atoms with Crippen LogP contribution in [-0.4, -0.2) is 29.4 Å². The molecule has 0 aliphatic carbocycles. The summed E-state index contributed by atoms with van der Waals surface area (Å²) in [6.07, 6.45) is 3.79. The van der Waals surface area contributed by atoms with Gasteiger partial charge in [0, 0.05) is 32.2 Å². The number of hydrogen-bond acceptors (Lipinski definition) is 3. The Balaban J connectivity index is 2.08. The second-order valence-electron chi connectivity index (χ2n) is 6.76. The fraction of sp³-hybridized carbons (Fsp3) is 0.824. The smallest absolute Gasteiger partial charge is 0.131 e. The van der Waals surface area contributed by atoms with E-state index in [1.807, 2.05) is 0 Å². The van der Waals surface area contributed by atoms with Gasteiger partial charge in [-0.3, -0.25) is 4.68 Å². The SMILES string of the molecule is CCCNCc1c(C)nn(C)c1N1CCC(C(C)C)CC1. The van der Waals surface area contributed by atoms with Crippen LogP contribution >= 0.6 is 0 Å². The zero-order chi connectivity index (χ0) is 15.4. The molecular weight excluding hydrogens is 260 g/mol. The van der Waals surface area contributed by atoms with Gasteiger partial charge in [-0.05, 0) is 44.6 Å². The first-order valence-electron chi connectivity index (χ1n) is 8.52. The van der Waals surface area contributed by atoms with Gasteiger partial charge in [-0.2, -0.15) is 5.10 Å². The average Bonchev–Trinajstić information content (AvgIpc) is 2.74. The molecule has 0 aromatic carbocycles. The lowest BCUT2D eigenvalue weighted by Crippen LogP contribution is -2.37. The number of piperidine rings is 1. The van der Waals surface area contributed by atoms with E-state index in [1.165, 1.54) is 49.4 Å². The molecule has 4 nitrogen and oxygen atoms in total. The number of rotatable bonds is 6. The zero-order valence-electron chi connectivity index (χ0n) is 14.4. The van der Waals surface area contributed by atoms with Crippen molar-refractivity contribution in [2.24, 2.45) is 18.9 Å². The summed E-state index contributed by atoms with van der Waals surface area (Å²) in [6, 6.07) is 0. The van der Waals surface area contributed by atoms with E-state index in [2.05, 4.69) is 54.7 Å². The molecule has 4 heteroatoms. The van der Waals surface area contributed by atoms with Crippen LogP contribution in [0.5, 0.6) is 0 Å². The standard InChI is InChI=1S/C17H32N4/c1-6-9-18-12-16-14(4)19-20(5)17(16)21-10-7-15(8-11-21)13(2)3/h13,15,18H,6-12H2,1-5H3. The summed E-state index contributed by atoms with van der Waals surface area (Å²) in [4.78, 5) is 2.54. The Hall–Kier alpha value is -1.03. The number of hydrogen-bond donors (Lipinski definition) is 1. The van der Waals surface area contributed by atoms with Crippen LogP contribution in [0.3, 0.4) is 0 Å². The van der Waals surface area contributed by atoms with E-state index in [0.717, 1.165) is 24.9 Å². The van der Waals surface area contributed by atoms with E-state index < -0.39 is 0 Å². The van der Waals surface area contributed by atoms with Crippen LogP contribution in [0.4, 0.5) is 5.82 Å². The topological polar surface area (TPSA) is 33.1 Å². The second kappa shape index (κ2) is 7.30. The van der Waals surface area contributed by atoms with E-state index in [0.29, 0.717) is 0 Å². The molecule has 1 aromatic heterocycles. The highest BCUT2D eigenvalue weighted by molar-refractivity contribution is 5.50. The van der Waals surface area contributed by atoms with Gasteiger partial charge in [-0.15, -0.1) is 0 Å². The molecule has 1 N–H and O–H groups in total. The number of aromatic nitrogens is 2. The van der Waals surface area contributed by atoms with Gasteiger partial charge in [0.05, 0.1) is 5.69 Å². The molecule has 0 saturated carbocycles. The second-order valence-corrected chi connectivity index (χ2v) is 6.76. The lowest BCUT2D eigenvalue weighted by Gasteiger charge is -2.35. The number of anilines is 1. The van der Waals surface area contributed by atoms with E-state index in [4.69, 9.17) is 0 Å². The summed E-state index contributed by atoms with van der Waals surface area (Å²) < 4.78 is 2.08. The molecule has 0 atom stereocenters. The van der Waals surface area contributed by atoms with Crippen LogP contribution in [0.15, 0.2) is 0 Å². The molecular formula is C17H32N4. The molecule has 0 radical (unpaired) electrons.